The Morgan fingerprint density at radius 3 is 2.57 bits per heavy atom. The number of aromatic carboxylic acids is 1. The summed E-state index contributed by atoms with van der Waals surface area (Å²) in [6.07, 6.45) is 0. The van der Waals surface area contributed by atoms with E-state index in [4.69, 9.17) is 5.11 Å². The average molecular weight is 371 g/mol. The zero-order valence-electron chi connectivity index (χ0n) is 10.6. The van der Waals surface area contributed by atoms with E-state index in [1.807, 2.05) is 12.1 Å². The zero-order valence-corrected chi connectivity index (χ0v) is 13.0. The van der Waals surface area contributed by atoms with Gasteiger partial charge in [0.2, 0.25) is 0 Å². The van der Waals surface area contributed by atoms with Crippen molar-refractivity contribution in [2.75, 3.05) is 5.32 Å². The van der Waals surface area contributed by atoms with Gasteiger partial charge in [-0.05, 0) is 40.2 Å². The van der Waals surface area contributed by atoms with E-state index in [-0.39, 0.29) is 5.56 Å². The van der Waals surface area contributed by atoms with Crippen LogP contribution in [0.15, 0.2) is 34.1 Å². The summed E-state index contributed by atoms with van der Waals surface area (Å²) in [6, 6.07) is 7.16. The lowest BCUT2D eigenvalue weighted by Gasteiger charge is -2.08. The smallest absolute Gasteiger partial charge is 0.339 e. The fourth-order valence-electron chi connectivity index (χ4n) is 1.58. The minimum absolute atomic E-state index is 0.218. The number of carbonyl (C=O) groups excluding carboxylic acids is 1. The van der Waals surface area contributed by atoms with Crippen LogP contribution in [0.3, 0.4) is 0 Å². The van der Waals surface area contributed by atoms with Crippen molar-refractivity contribution in [1.82, 2.24) is 5.32 Å². The molecule has 0 aliphatic heterocycles. The Morgan fingerprint density at radius 2 is 2.00 bits per heavy atom. The summed E-state index contributed by atoms with van der Waals surface area (Å²) < 4.78 is 0.980. The third-order valence-corrected chi connectivity index (χ3v) is 4.16. The zero-order chi connectivity index (χ0) is 15.4. The Morgan fingerprint density at radius 1 is 1.24 bits per heavy atom. The van der Waals surface area contributed by atoms with Crippen LogP contribution in [0.2, 0.25) is 0 Å². The molecular weight excluding hydrogens is 360 g/mol. The molecule has 0 spiro atoms. The molecule has 110 valence electrons. The van der Waals surface area contributed by atoms with Crippen LogP contribution in [0.4, 0.5) is 10.5 Å². The second-order valence-corrected chi connectivity index (χ2v) is 6.60. The predicted molar refractivity (Wildman–Crippen MR) is 82.9 cm³/mol. The monoisotopic (exact) mass is 370 g/mol. The average Bonchev–Trinajstić information content (AvgIpc) is 2.82. The number of carboxylic acid groups (broad SMARTS) is 1. The molecule has 0 saturated carbocycles. The highest BCUT2D eigenvalue weighted by atomic mass is 79.9. The fourth-order valence-corrected chi connectivity index (χ4v) is 3.00. The normalized spacial score (nSPS) is 10.1. The lowest BCUT2D eigenvalue weighted by atomic mass is 10.2. The van der Waals surface area contributed by atoms with Gasteiger partial charge in [0.25, 0.3) is 0 Å². The number of carboxylic acids is 1. The van der Waals surface area contributed by atoms with Crippen LogP contribution < -0.4 is 10.6 Å². The van der Waals surface area contributed by atoms with E-state index in [0.717, 1.165) is 8.66 Å². The van der Waals surface area contributed by atoms with Crippen molar-refractivity contribution < 1.29 is 19.8 Å². The molecule has 2 amide bonds. The second-order valence-electron chi connectivity index (χ2n) is 4.05. The maximum Gasteiger partial charge on any atom is 0.339 e. The molecule has 1 heterocycles. The van der Waals surface area contributed by atoms with Gasteiger partial charge in [-0.3, -0.25) is 0 Å². The molecule has 21 heavy (non-hydrogen) atoms. The Balaban J connectivity index is 1.93. The summed E-state index contributed by atoms with van der Waals surface area (Å²) in [4.78, 5) is 23.4. The quantitative estimate of drug-likeness (QED) is 0.663. The number of phenols is 1. The van der Waals surface area contributed by atoms with Crippen molar-refractivity contribution in [3.63, 3.8) is 0 Å². The number of aromatic hydroxyl groups is 1. The Labute approximate surface area is 132 Å². The third-order valence-electron chi connectivity index (χ3n) is 2.54. The first-order valence-electron chi connectivity index (χ1n) is 5.81. The molecule has 6 nitrogen and oxygen atoms in total. The summed E-state index contributed by atoms with van der Waals surface area (Å²) in [6.45, 7) is 0.376. The van der Waals surface area contributed by atoms with E-state index in [9.17, 15) is 14.7 Å². The first-order chi connectivity index (χ1) is 9.95. The molecule has 1 aromatic heterocycles. The lowest BCUT2D eigenvalue weighted by molar-refractivity contribution is 0.0694. The highest BCUT2D eigenvalue weighted by molar-refractivity contribution is 9.11. The number of carbonyl (C=O) groups is 2. The SMILES string of the molecule is O=C(NCc1ccc(Br)s1)Nc1ccc(C(=O)O)c(O)c1. The highest BCUT2D eigenvalue weighted by Gasteiger charge is 2.11. The van der Waals surface area contributed by atoms with Gasteiger partial charge in [-0.2, -0.15) is 0 Å². The molecule has 0 unspecified atom stereocenters. The standard InChI is InChI=1S/C13H11BrN2O4S/c14-11-4-2-8(21-11)6-15-13(20)16-7-1-3-9(12(18)19)10(17)5-7/h1-5,17H,6H2,(H,18,19)(H2,15,16,20). The van der Waals surface area contributed by atoms with E-state index < -0.39 is 17.7 Å². The molecule has 1 aromatic carbocycles. The van der Waals surface area contributed by atoms with Crippen LogP contribution in [-0.4, -0.2) is 22.2 Å². The predicted octanol–water partition coefficient (Wildman–Crippen LogP) is 3.24. The van der Waals surface area contributed by atoms with Gasteiger partial charge in [-0.15, -0.1) is 11.3 Å². The summed E-state index contributed by atoms with van der Waals surface area (Å²) in [5, 5.41) is 23.5. The van der Waals surface area contributed by atoms with Crippen molar-refractivity contribution in [1.29, 1.82) is 0 Å². The van der Waals surface area contributed by atoms with Gasteiger partial charge in [0.15, 0.2) is 0 Å². The number of amides is 2. The van der Waals surface area contributed by atoms with Crippen LogP contribution in [0, 0.1) is 0 Å². The van der Waals surface area contributed by atoms with Gasteiger partial charge in [0.05, 0.1) is 10.3 Å². The number of hydrogen-bond acceptors (Lipinski definition) is 4. The molecule has 4 N–H and O–H groups in total. The number of hydrogen-bond donors (Lipinski definition) is 4. The summed E-state index contributed by atoms with van der Waals surface area (Å²) in [5.41, 5.74) is 0.0896. The molecule has 8 heteroatoms. The molecule has 0 saturated heterocycles. The van der Waals surface area contributed by atoms with Gasteiger partial charge < -0.3 is 20.8 Å². The number of anilines is 1. The van der Waals surface area contributed by atoms with Crippen LogP contribution >= 0.6 is 27.3 Å². The van der Waals surface area contributed by atoms with E-state index >= 15 is 0 Å². The Kier molecular flexibility index (Phi) is 4.81. The first-order valence-corrected chi connectivity index (χ1v) is 7.42. The van der Waals surface area contributed by atoms with E-state index in [0.29, 0.717) is 12.2 Å². The minimum atomic E-state index is -1.23. The maximum absolute atomic E-state index is 11.7. The summed E-state index contributed by atoms with van der Waals surface area (Å²) >= 11 is 4.85. The van der Waals surface area contributed by atoms with Gasteiger partial charge >= 0.3 is 12.0 Å². The Bertz CT molecular complexity index is 687. The van der Waals surface area contributed by atoms with Crippen molar-refractivity contribution in [2.45, 2.75) is 6.54 Å². The van der Waals surface area contributed by atoms with Crippen LogP contribution in [0.25, 0.3) is 0 Å². The van der Waals surface area contributed by atoms with Gasteiger partial charge in [0, 0.05) is 16.6 Å². The van der Waals surface area contributed by atoms with E-state index in [2.05, 4.69) is 26.6 Å². The van der Waals surface area contributed by atoms with Crippen molar-refractivity contribution >= 4 is 45.0 Å². The van der Waals surface area contributed by atoms with Gasteiger partial charge in [-0.25, -0.2) is 9.59 Å². The molecule has 0 bridgehead atoms. The topological polar surface area (TPSA) is 98.7 Å². The molecule has 0 fully saturated rings. The number of urea groups is 1. The van der Waals surface area contributed by atoms with Crippen LogP contribution in [0.1, 0.15) is 15.2 Å². The van der Waals surface area contributed by atoms with Crippen molar-refractivity contribution in [3.05, 3.63) is 44.6 Å². The summed E-state index contributed by atoms with van der Waals surface area (Å²) in [5.74, 6) is -1.63. The van der Waals surface area contributed by atoms with Crippen molar-refractivity contribution in [3.8, 4) is 5.75 Å². The molecule has 2 rings (SSSR count). The molecule has 0 aliphatic carbocycles. The number of thiophene rings is 1. The number of nitrogens with one attached hydrogen (secondary N) is 2. The summed E-state index contributed by atoms with van der Waals surface area (Å²) in [7, 11) is 0. The van der Waals surface area contributed by atoms with Gasteiger partial charge in [0.1, 0.15) is 11.3 Å². The molecular formula is C13H11BrN2O4S. The molecule has 0 atom stereocenters. The molecule has 0 radical (unpaired) electrons. The minimum Gasteiger partial charge on any atom is -0.507 e. The van der Waals surface area contributed by atoms with Crippen LogP contribution in [-0.2, 0) is 6.54 Å². The van der Waals surface area contributed by atoms with E-state index in [1.54, 1.807) is 0 Å². The second kappa shape index (κ2) is 6.59. The highest BCUT2D eigenvalue weighted by Crippen LogP contribution is 2.23. The fraction of sp³-hybridized carbons (Fsp3) is 0.0769. The first kappa shape index (κ1) is 15.3. The van der Waals surface area contributed by atoms with Crippen LogP contribution in [0.5, 0.6) is 5.75 Å². The largest absolute Gasteiger partial charge is 0.507 e. The van der Waals surface area contributed by atoms with Crippen molar-refractivity contribution in [2.24, 2.45) is 0 Å². The Hall–Kier alpha value is -2.06. The lowest BCUT2D eigenvalue weighted by Crippen LogP contribution is -2.27. The number of rotatable bonds is 4. The van der Waals surface area contributed by atoms with E-state index in [1.165, 1.54) is 29.5 Å². The maximum atomic E-state index is 11.7. The third kappa shape index (κ3) is 4.20. The number of benzene rings is 1. The van der Waals surface area contributed by atoms with Gasteiger partial charge in [-0.1, -0.05) is 0 Å². The number of halogens is 1. The molecule has 0 aliphatic rings. The molecule has 2 aromatic rings.